The molecule has 1 unspecified atom stereocenters. The molecule has 0 aliphatic carbocycles. The van der Waals surface area contributed by atoms with Crippen molar-refractivity contribution in [2.75, 3.05) is 19.8 Å². The van der Waals surface area contributed by atoms with Crippen LogP contribution in [0.5, 0.6) is 0 Å². The molecule has 0 saturated carbocycles. The van der Waals surface area contributed by atoms with E-state index < -0.39 is 12.8 Å². The van der Waals surface area contributed by atoms with Gasteiger partial charge in [-0.05, 0) is 49.9 Å². The van der Waals surface area contributed by atoms with Gasteiger partial charge < -0.3 is 10.1 Å². The zero-order valence-electron chi connectivity index (χ0n) is 12.4. The zero-order chi connectivity index (χ0) is 15.3. The first-order valence-corrected chi connectivity index (χ1v) is 6.66. The monoisotopic (exact) mass is 289 g/mol. The molecule has 1 aromatic rings. The summed E-state index contributed by atoms with van der Waals surface area (Å²) in [5.41, 5.74) is 4.81. The summed E-state index contributed by atoms with van der Waals surface area (Å²) in [6, 6.07) is 4.34. The highest BCUT2D eigenvalue weighted by molar-refractivity contribution is 5.37. The maximum absolute atomic E-state index is 11.9. The van der Waals surface area contributed by atoms with Gasteiger partial charge in [-0.1, -0.05) is 12.1 Å². The largest absolute Gasteiger partial charge is 0.411 e. The minimum absolute atomic E-state index is 0.0493. The van der Waals surface area contributed by atoms with Crippen molar-refractivity contribution in [2.24, 2.45) is 0 Å². The zero-order valence-corrected chi connectivity index (χ0v) is 12.4. The Morgan fingerprint density at radius 3 is 2.30 bits per heavy atom. The van der Waals surface area contributed by atoms with E-state index >= 15 is 0 Å². The average Bonchev–Trinajstić information content (AvgIpc) is 2.31. The number of halogens is 3. The Morgan fingerprint density at radius 2 is 1.70 bits per heavy atom. The lowest BCUT2D eigenvalue weighted by atomic mass is 9.96. The smallest absolute Gasteiger partial charge is 0.371 e. The van der Waals surface area contributed by atoms with E-state index in [0.29, 0.717) is 6.54 Å². The number of rotatable bonds is 6. The second-order valence-corrected chi connectivity index (χ2v) is 5.14. The van der Waals surface area contributed by atoms with E-state index in [1.807, 2.05) is 13.8 Å². The van der Waals surface area contributed by atoms with Gasteiger partial charge in [-0.25, -0.2) is 0 Å². The van der Waals surface area contributed by atoms with Crippen LogP contribution in [-0.2, 0) is 4.74 Å². The maximum atomic E-state index is 11.9. The molecule has 0 radical (unpaired) electrons. The Hall–Kier alpha value is -1.07. The lowest BCUT2D eigenvalue weighted by Gasteiger charge is -2.18. The van der Waals surface area contributed by atoms with Gasteiger partial charge in [0.2, 0.25) is 0 Å². The fourth-order valence-corrected chi connectivity index (χ4v) is 2.09. The van der Waals surface area contributed by atoms with Crippen molar-refractivity contribution in [3.8, 4) is 0 Å². The van der Waals surface area contributed by atoms with Crippen LogP contribution in [0.15, 0.2) is 12.1 Å². The molecule has 0 fully saturated rings. The van der Waals surface area contributed by atoms with E-state index in [9.17, 15) is 13.2 Å². The fraction of sp³-hybridized carbons (Fsp3) is 0.600. The summed E-state index contributed by atoms with van der Waals surface area (Å²) in [6.45, 7) is 7.41. The first-order valence-electron chi connectivity index (χ1n) is 6.66. The first-order chi connectivity index (χ1) is 9.20. The molecule has 0 heterocycles. The van der Waals surface area contributed by atoms with E-state index in [1.165, 1.54) is 22.3 Å². The SMILES string of the molecule is Cc1cc(C)c(C(C)NCCOCC(F)(F)F)cc1C. The molecule has 1 rings (SSSR count). The van der Waals surface area contributed by atoms with Crippen molar-refractivity contribution < 1.29 is 17.9 Å². The number of nitrogens with one attached hydrogen (secondary N) is 1. The molecule has 0 spiro atoms. The predicted molar refractivity (Wildman–Crippen MR) is 73.9 cm³/mol. The first kappa shape index (κ1) is 17.0. The summed E-state index contributed by atoms with van der Waals surface area (Å²) in [6.07, 6.45) is -4.25. The van der Waals surface area contributed by atoms with Crippen LogP contribution in [0.4, 0.5) is 13.2 Å². The maximum Gasteiger partial charge on any atom is 0.411 e. The van der Waals surface area contributed by atoms with Crippen LogP contribution >= 0.6 is 0 Å². The number of hydrogen-bond donors (Lipinski definition) is 1. The summed E-state index contributed by atoms with van der Waals surface area (Å²) < 4.78 is 40.3. The molecule has 0 bridgehead atoms. The van der Waals surface area contributed by atoms with E-state index in [2.05, 4.69) is 36.0 Å². The number of ether oxygens (including phenoxy) is 1. The Morgan fingerprint density at radius 1 is 1.10 bits per heavy atom. The Kier molecular flexibility index (Phi) is 6.02. The van der Waals surface area contributed by atoms with Gasteiger partial charge in [0.05, 0.1) is 6.61 Å². The highest BCUT2D eigenvalue weighted by Crippen LogP contribution is 2.21. The number of hydrogen-bond acceptors (Lipinski definition) is 2. The molecular formula is C15H22F3NO. The molecule has 0 aromatic heterocycles. The molecule has 2 nitrogen and oxygen atoms in total. The highest BCUT2D eigenvalue weighted by Gasteiger charge is 2.27. The van der Waals surface area contributed by atoms with Crippen LogP contribution in [0.1, 0.15) is 35.2 Å². The van der Waals surface area contributed by atoms with Gasteiger partial charge in [0.25, 0.3) is 0 Å². The van der Waals surface area contributed by atoms with Gasteiger partial charge in [-0.3, -0.25) is 0 Å². The van der Waals surface area contributed by atoms with Crippen molar-refractivity contribution in [3.05, 3.63) is 34.4 Å². The van der Waals surface area contributed by atoms with Crippen molar-refractivity contribution >= 4 is 0 Å². The third-order valence-corrected chi connectivity index (χ3v) is 3.31. The minimum Gasteiger partial charge on any atom is -0.371 e. The second kappa shape index (κ2) is 7.09. The number of aryl methyl sites for hydroxylation is 3. The topological polar surface area (TPSA) is 21.3 Å². The van der Waals surface area contributed by atoms with Gasteiger partial charge in [0.1, 0.15) is 6.61 Å². The molecule has 0 amide bonds. The van der Waals surface area contributed by atoms with Crippen molar-refractivity contribution in [1.29, 1.82) is 0 Å². The van der Waals surface area contributed by atoms with Gasteiger partial charge in [0, 0.05) is 12.6 Å². The van der Waals surface area contributed by atoms with Crippen LogP contribution in [-0.4, -0.2) is 25.9 Å². The summed E-state index contributed by atoms with van der Waals surface area (Å²) in [5, 5.41) is 3.18. The van der Waals surface area contributed by atoms with Gasteiger partial charge >= 0.3 is 6.18 Å². The van der Waals surface area contributed by atoms with Gasteiger partial charge in [0.15, 0.2) is 0 Å². The summed E-state index contributed by atoms with van der Waals surface area (Å²) in [4.78, 5) is 0. The number of benzene rings is 1. The fourth-order valence-electron chi connectivity index (χ4n) is 2.09. The lowest BCUT2D eigenvalue weighted by molar-refractivity contribution is -0.173. The summed E-state index contributed by atoms with van der Waals surface area (Å²) >= 11 is 0. The van der Waals surface area contributed by atoms with Crippen LogP contribution in [0.25, 0.3) is 0 Å². The van der Waals surface area contributed by atoms with Crippen molar-refractivity contribution in [1.82, 2.24) is 5.32 Å². The normalized spacial score (nSPS) is 13.6. The molecule has 5 heteroatoms. The van der Waals surface area contributed by atoms with Crippen molar-refractivity contribution in [2.45, 2.75) is 39.9 Å². The highest BCUT2D eigenvalue weighted by atomic mass is 19.4. The third kappa shape index (κ3) is 5.51. The minimum atomic E-state index is -4.25. The molecule has 1 N–H and O–H groups in total. The van der Waals surface area contributed by atoms with E-state index in [0.717, 1.165) is 0 Å². The molecule has 1 atom stereocenters. The molecule has 0 aliphatic heterocycles. The molecular weight excluding hydrogens is 267 g/mol. The van der Waals surface area contributed by atoms with E-state index in [4.69, 9.17) is 0 Å². The van der Waals surface area contributed by atoms with E-state index in [1.54, 1.807) is 0 Å². The van der Waals surface area contributed by atoms with Crippen LogP contribution < -0.4 is 5.32 Å². The van der Waals surface area contributed by atoms with Crippen LogP contribution in [0.3, 0.4) is 0 Å². The molecule has 0 saturated heterocycles. The number of alkyl halides is 3. The Balaban J connectivity index is 2.44. The average molecular weight is 289 g/mol. The quantitative estimate of drug-likeness (QED) is 0.803. The standard InChI is InChI=1S/C15H22F3NO/c1-10-7-12(3)14(8-11(10)2)13(4)19-5-6-20-9-15(16,17)18/h7-8,13,19H,5-6,9H2,1-4H3. The van der Waals surface area contributed by atoms with Crippen molar-refractivity contribution in [3.63, 3.8) is 0 Å². The summed E-state index contributed by atoms with van der Waals surface area (Å²) in [5.74, 6) is 0. The van der Waals surface area contributed by atoms with Crippen LogP contribution in [0, 0.1) is 20.8 Å². The second-order valence-electron chi connectivity index (χ2n) is 5.14. The Bertz CT molecular complexity index is 443. The molecule has 1 aromatic carbocycles. The molecule has 20 heavy (non-hydrogen) atoms. The van der Waals surface area contributed by atoms with Gasteiger partial charge in [-0.15, -0.1) is 0 Å². The van der Waals surface area contributed by atoms with Crippen LogP contribution in [0.2, 0.25) is 0 Å². The lowest BCUT2D eigenvalue weighted by Crippen LogP contribution is -2.26. The van der Waals surface area contributed by atoms with Gasteiger partial charge in [-0.2, -0.15) is 13.2 Å². The molecule has 114 valence electrons. The van der Waals surface area contributed by atoms with E-state index in [-0.39, 0.29) is 12.6 Å². The summed E-state index contributed by atoms with van der Waals surface area (Å²) in [7, 11) is 0. The molecule has 0 aliphatic rings. The third-order valence-electron chi connectivity index (χ3n) is 3.31. The predicted octanol–water partition coefficient (Wildman–Crippen LogP) is 3.84. The Labute approximate surface area is 118 Å².